The SMILES string of the molecule is O=C(CSC1CCCC1)Cc1ccc(Br)cc1Cl. The Morgan fingerprint density at radius 3 is 2.78 bits per heavy atom. The molecule has 18 heavy (non-hydrogen) atoms. The average Bonchev–Trinajstić information content (AvgIpc) is 2.83. The monoisotopic (exact) mass is 346 g/mol. The highest BCUT2D eigenvalue weighted by molar-refractivity contribution is 9.10. The molecule has 1 aliphatic carbocycles. The van der Waals surface area contributed by atoms with Gasteiger partial charge in [0.05, 0.1) is 5.75 Å². The second kappa shape index (κ2) is 6.97. The van der Waals surface area contributed by atoms with Gasteiger partial charge in [0.1, 0.15) is 5.78 Å². The van der Waals surface area contributed by atoms with Crippen LogP contribution < -0.4 is 0 Å². The molecule has 0 radical (unpaired) electrons. The van der Waals surface area contributed by atoms with Crippen LogP contribution in [0.15, 0.2) is 22.7 Å². The number of carbonyl (C=O) groups is 1. The summed E-state index contributed by atoms with van der Waals surface area (Å²) in [6.07, 6.45) is 5.65. The minimum atomic E-state index is 0.274. The lowest BCUT2D eigenvalue weighted by molar-refractivity contribution is -0.116. The number of rotatable bonds is 5. The summed E-state index contributed by atoms with van der Waals surface area (Å²) >= 11 is 11.3. The van der Waals surface area contributed by atoms with Gasteiger partial charge in [0.25, 0.3) is 0 Å². The van der Waals surface area contributed by atoms with Gasteiger partial charge < -0.3 is 0 Å². The predicted molar refractivity (Wildman–Crippen MR) is 82.6 cm³/mol. The van der Waals surface area contributed by atoms with E-state index >= 15 is 0 Å². The van der Waals surface area contributed by atoms with Crippen LogP contribution in [0.5, 0.6) is 0 Å². The number of hydrogen-bond donors (Lipinski definition) is 0. The van der Waals surface area contributed by atoms with Crippen LogP contribution in [0, 0.1) is 0 Å². The molecule has 1 aromatic carbocycles. The fourth-order valence-electron chi connectivity index (χ4n) is 2.19. The Kier molecular flexibility index (Phi) is 5.58. The number of halogens is 2. The van der Waals surface area contributed by atoms with Gasteiger partial charge in [0, 0.05) is 21.2 Å². The normalized spacial score (nSPS) is 16.1. The van der Waals surface area contributed by atoms with E-state index in [9.17, 15) is 4.79 Å². The van der Waals surface area contributed by atoms with Gasteiger partial charge >= 0.3 is 0 Å². The van der Waals surface area contributed by atoms with Crippen LogP contribution in [0.2, 0.25) is 5.02 Å². The zero-order valence-corrected chi connectivity index (χ0v) is 13.3. The molecule has 1 saturated carbocycles. The number of ketones is 1. The second-order valence-electron chi connectivity index (χ2n) is 4.67. The zero-order valence-electron chi connectivity index (χ0n) is 10.1. The third kappa shape index (κ3) is 4.29. The van der Waals surface area contributed by atoms with E-state index in [-0.39, 0.29) is 5.78 Å². The van der Waals surface area contributed by atoms with Gasteiger partial charge in [-0.2, -0.15) is 11.8 Å². The molecule has 0 heterocycles. The van der Waals surface area contributed by atoms with Gasteiger partial charge in [-0.3, -0.25) is 4.79 Å². The van der Waals surface area contributed by atoms with E-state index in [4.69, 9.17) is 11.6 Å². The molecule has 0 atom stereocenters. The first-order valence-corrected chi connectivity index (χ1v) is 8.44. The minimum absolute atomic E-state index is 0.274. The first kappa shape index (κ1) is 14.4. The van der Waals surface area contributed by atoms with E-state index in [1.807, 2.05) is 30.0 Å². The summed E-state index contributed by atoms with van der Waals surface area (Å²) in [6, 6.07) is 5.69. The quantitative estimate of drug-likeness (QED) is 0.754. The number of hydrogen-bond acceptors (Lipinski definition) is 2. The molecule has 98 valence electrons. The van der Waals surface area contributed by atoms with E-state index in [0.29, 0.717) is 22.4 Å². The molecule has 0 unspecified atom stereocenters. The molecule has 0 N–H and O–H groups in total. The van der Waals surface area contributed by atoms with E-state index in [0.717, 1.165) is 10.0 Å². The van der Waals surface area contributed by atoms with E-state index in [1.54, 1.807) is 0 Å². The number of Topliss-reactive ketones (excluding diaryl/α,β-unsaturated/α-hetero) is 1. The lowest BCUT2D eigenvalue weighted by Crippen LogP contribution is -2.09. The largest absolute Gasteiger partial charge is 0.298 e. The topological polar surface area (TPSA) is 17.1 Å². The van der Waals surface area contributed by atoms with Crippen LogP contribution in [-0.2, 0) is 11.2 Å². The van der Waals surface area contributed by atoms with Gasteiger partial charge in [-0.05, 0) is 30.5 Å². The van der Waals surface area contributed by atoms with Crippen LogP contribution in [0.4, 0.5) is 0 Å². The summed E-state index contributed by atoms with van der Waals surface area (Å²) in [7, 11) is 0. The average molecular weight is 348 g/mol. The molecule has 1 fully saturated rings. The highest BCUT2D eigenvalue weighted by Crippen LogP contribution is 2.29. The summed E-state index contributed by atoms with van der Waals surface area (Å²) in [4.78, 5) is 11.9. The second-order valence-corrected chi connectivity index (χ2v) is 7.28. The summed E-state index contributed by atoms with van der Waals surface area (Å²) in [6.45, 7) is 0. The molecule has 0 saturated heterocycles. The van der Waals surface area contributed by atoms with E-state index < -0.39 is 0 Å². The molecule has 4 heteroatoms. The van der Waals surface area contributed by atoms with Crippen LogP contribution in [0.25, 0.3) is 0 Å². The molecule has 0 bridgehead atoms. The van der Waals surface area contributed by atoms with Crippen LogP contribution in [0.1, 0.15) is 31.2 Å². The van der Waals surface area contributed by atoms with Crippen molar-refractivity contribution >= 4 is 45.1 Å². The van der Waals surface area contributed by atoms with Crippen molar-refractivity contribution in [2.24, 2.45) is 0 Å². The molecule has 0 spiro atoms. The van der Waals surface area contributed by atoms with Crippen LogP contribution in [0.3, 0.4) is 0 Å². The van der Waals surface area contributed by atoms with Crippen LogP contribution in [-0.4, -0.2) is 16.8 Å². The van der Waals surface area contributed by atoms with E-state index in [2.05, 4.69) is 15.9 Å². The van der Waals surface area contributed by atoms with Crippen molar-refractivity contribution < 1.29 is 4.79 Å². The summed E-state index contributed by atoms with van der Waals surface area (Å²) in [5.41, 5.74) is 0.928. The number of thioether (sulfide) groups is 1. The van der Waals surface area contributed by atoms with E-state index in [1.165, 1.54) is 25.7 Å². The molecule has 0 aliphatic heterocycles. The van der Waals surface area contributed by atoms with Crippen molar-refractivity contribution in [3.63, 3.8) is 0 Å². The zero-order chi connectivity index (χ0) is 13.0. The maximum Gasteiger partial charge on any atom is 0.147 e. The lowest BCUT2D eigenvalue weighted by atomic mass is 10.1. The first-order chi connectivity index (χ1) is 8.65. The summed E-state index contributed by atoms with van der Waals surface area (Å²) < 4.78 is 0.948. The number of benzene rings is 1. The third-order valence-corrected chi connectivity index (χ3v) is 5.46. The van der Waals surface area contributed by atoms with Crippen molar-refractivity contribution in [2.75, 3.05) is 5.75 Å². The van der Waals surface area contributed by atoms with Crippen molar-refractivity contribution in [1.29, 1.82) is 0 Å². The Morgan fingerprint density at radius 2 is 2.11 bits per heavy atom. The Labute approximate surface area is 126 Å². The molecule has 2 rings (SSSR count). The molecular formula is C14H16BrClOS. The summed E-state index contributed by atoms with van der Waals surface area (Å²) in [5.74, 6) is 0.896. The number of carbonyl (C=O) groups excluding carboxylic acids is 1. The maximum atomic E-state index is 11.9. The predicted octanol–water partition coefficient (Wildman–Crippen LogP) is 4.89. The van der Waals surface area contributed by atoms with Gasteiger partial charge in [-0.25, -0.2) is 0 Å². The van der Waals surface area contributed by atoms with Gasteiger partial charge in [-0.1, -0.05) is 46.4 Å². The Balaban J connectivity index is 1.82. The van der Waals surface area contributed by atoms with Gasteiger partial charge in [0.2, 0.25) is 0 Å². The Hall–Kier alpha value is 0.01000. The minimum Gasteiger partial charge on any atom is -0.298 e. The molecule has 1 nitrogen and oxygen atoms in total. The van der Waals surface area contributed by atoms with Crippen molar-refractivity contribution in [1.82, 2.24) is 0 Å². The Bertz CT molecular complexity index is 430. The standard InChI is InChI=1S/C14H16BrClOS/c15-11-6-5-10(14(16)8-11)7-12(17)9-18-13-3-1-2-4-13/h5-6,8,13H,1-4,7,9H2. The van der Waals surface area contributed by atoms with Crippen molar-refractivity contribution in [3.05, 3.63) is 33.3 Å². The molecule has 1 aliphatic rings. The molecule has 0 aromatic heterocycles. The van der Waals surface area contributed by atoms with Gasteiger partial charge in [0.15, 0.2) is 0 Å². The first-order valence-electron chi connectivity index (χ1n) is 6.22. The highest BCUT2D eigenvalue weighted by Gasteiger charge is 2.17. The molecule has 0 amide bonds. The maximum absolute atomic E-state index is 11.9. The summed E-state index contributed by atoms with van der Waals surface area (Å²) in [5, 5.41) is 1.37. The Morgan fingerprint density at radius 1 is 1.39 bits per heavy atom. The molecule has 1 aromatic rings. The molecular weight excluding hydrogens is 332 g/mol. The van der Waals surface area contributed by atoms with Crippen molar-refractivity contribution in [2.45, 2.75) is 37.4 Å². The lowest BCUT2D eigenvalue weighted by Gasteiger charge is -2.08. The highest BCUT2D eigenvalue weighted by atomic mass is 79.9. The fourth-order valence-corrected chi connectivity index (χ4v) is 4.12. The van der Waals surface area contributed by atoms with Crippen molar-refractivity contribution in [3.8, 4) is 0 Å². The fraction of sp³-hybridized carbons (Fsp3) is 0.500. The smallest absolute Gasteiger partial charge is 0.147 e. The van der Waals surface area contributed by atoms with Gasteiger partial charge in [-0.15, -0.1) is 0 Å². The van der Waals surface area contributed by atoms with Crippen LogP contribution >= 0.6 is 39.3 Å². The third-order valence-electron chi connectivity index (χ3n) is 3.18.